The van der Waals surface area contributed by atoms with Crippen LogP contribution in [-0.2, 0) is 0 Å². The molecular weight excluding hydrogens is 224 g/mol. The summed E-state index contributed by atoms with van der Waals surface area (Å²) >= 11 is 6.06. The van der Waals surface area contributed by atoms with Crippen molar-refractivity contribution in [2.45, 2.75) is 25.9 Å². The van der Waals surface area contributed by atoms with E-state index in [4.69, 9.17) is 17.3 Å². The first-order chi connectivity index (χ1) is 7.58. The summed E-state index contributed by atoms with van der Waals surface area (Å²) in [5.41, 5.74) is 9.19. The molecule has 1 aliphatic carbocycles. The average Bonchev–Trinajstić information content (AvgIpc) is 2.55. The van der Waals surface area contributed by atoms with Crippen LogP contribution >= 0.6 is 11.6 Å². The Bertz CT molecular complexity index is 443. The van der Waals surface area contributed by atoms with Crippen LogP contribution in [0.15, 0.2) is 29.5 Å². The highest BCUT2D eigenvalue weighted by Crippen LogP contribution is 2.31. The molecule has 3 nitrogen and oxygen atoms in total. The summed E-state index contributed by atoms with van der Waals surface area (Å²) in [7, 11) is 0. The van der Waals surface area contributed by atoms with E-state index in [0.717, 1.165) is 29.8 Å². The van der Waals surface area contributed by atoms with Gasteiger partial charge in [0.2, 0.25) is 0 Å². The second-order valence-corrected chi connectivity index (χ2v) is 4.49. The van der Waals surface area contributed by atoms with Gasteiger partial charge in [-0.15, -0.1) is 0 Å². The first-order valence-electron chi connectivity index (χ1n) is 5.27. The Hall–Kier alpha value is -1.19. The molecule has 0 heterocycles. The third-order valence-electron chi connectivity index (χ3n) is 2.92. The zero-order valence-corrected chi connectivity index (χ0v) is 9.88. The van der Waals surface area contributed by atoms with Crippen molar-refractivity contribution in [1.29, 1.82) is 0 Å². The molecule has 0 aromatic heterocycles. The number of allylic oxidation sites excluding steroid dienone is 1. The van der Waals surface area contributed by atoms with Gasteiger partial charge in [-0.05, 0) is 43.5 Å². The molecule has 4 heteroatoms. The number of hydrogen-bond donors (Lipinski definition) is 3. The molecule has 1 aliphatic rings. The van der Waals surface area contributed by atoms with Crippen molar-refractivity contribution in [1.82, 2.24) is 0 Å². The molecule has 0 aliphatic heterocycles. The van der Waals surface area contributed by atoms with Crippen LogP contribution < -0.4 is 11.1 Å². The molecule has 1 unspecified atom stereocenters. The fourth-order valence-electron chi connectivity index (χ4n) is 1.86. The minimum absolute atomic E-state index is 0.331. The molecule has 1 aromatic carbocycles. The van der Waals surface area contributed by atoms with E-state index in [9.17, 15) is 5.11 Å². The van der Waals surface area contributed by atoms with Crippen molar-refractivity contribution in [2.24, 2.45) is 0 Å². The molecule has 1 atom stereocenters. The molecule has 16 heavy (non-hydrogen) atoms. The smallest absolute Gasteiger partial charge is 0.0770 e. The quantitative estimate of drug-likeness (QED) is 0.695. The van der Waals surface area contributed by atoms with Gasteiger partial charge in [0, 0.05) is 11.4 Å². The second-order valence-electron chi connectivity index (χ2n) is 4.08. The van der Waals surface area contributed by atoms with Crippen molar-refractivity contribution in [3.8, 4) is 0 Å². The van der Waals surface area contributed by atoms with Gasteiger partial charge in [0.05, 0.1) is 16.8 Å². The van der Waals surface area contributed by atoms with Crippen LogP contribution in [0.25, 0.3) is 0 Å². The number of rotatable bonds is 2. The van der Waals surface area contributed by atoms with E-state index in [1.807, 2.05) is 6.92 Å². The van der Waals surface area contributed by atoms with Crippen LogP contribution in [0, 0.1) is 0 Å². The summed E-state index contributed by atoms with van der Waals surface area (Å²) in [6.45, 7) is 1.93. The molecule has 86 valence electrons. The monoisotopic (exact) mass is 238 g/mol. The number of hydrogen-bond acceptors (Lipinski definition) is 3. The molecule has 0 bridgehead atoms. The predicted molar refractivity (Wildman–Crippen MR) is 67.4 cm³/mol. The first kappa shape index (κ1) is 11.3. The van der Waals surface area contributed by atoms with Gasteiger partial charge >= 0.3 is 0 Å². The number of halogens is 1. The first-order valence-corrected chi connectivity index (χ1v) is 5.65. The molecule has 1 aromatic rings. The zero-order valence-electron chi connectivity index (χ0n) is 9.13. The fourth-order valence-corrected chi connectivity index (χ4v) is 2.02. The highest BCUT2D eigenvalue weighted by molar-refractivity contribution is 6.33. The van der Waals surface area contributed by atoms with Gasteiger partial charge < -0.3 is 16.2 Å². The van der Waals surface area contributed by atoms with Crippen LogP contribution in [0.5, 0.6) is 0 Å². The Balaban J connectivity index is 2.24. The van der Waals surface area contributed by atoms with Crippen molar-refractivity contribution >= 4 is 23.0 Å². The Labute approximate surface area is 99.9 Å². The van der Waals surface area contributed by atoms with Crippen LogP contribution in [0.3, 0.4) is 0 Å². The third kappa shape index (κ3) is 2.15. The molecule has 0 amide bonds. The summed E-state index contributed by atoms with van der Waals surface area (Å²) in [5, 5.41) is 13.5. The molecule has 4 N–H and O–H groups in total. The van der Waals surface area contributed by atoms with Gasteiger partial charge in [0.25, 0.3) is 0 Å². The van der Waals surface area contributed by atoms with Gasteiger partial charge in [-0.2, -0.15) is 0 Å². The molecular formula is C12H15ClN2O. The summed E-state index contributed by atoms with van der Waals surface area (Å²) in [6.07, 6.45) is 1.29. The Kier molecular flexibility index (Phi) is 3.08. The largest absolute Gasteiger partial charge is 0.399 e. The maximum absolute atomic E-state index is 9.61. The second kappa shape index (κ2) is 4.36. The summed E-state index contributed by atoms with van der Waals surface area (Å²) in [5.74, 6) is 0. The number of nitrogen functional groups attached to an aromatic ring is 1. The molecule has 0 radical (unpaired) electrons. The average molecular weight is 239 g/mol. The van der Waals surface area contributed by atoms with Crippen LogP contribution in [0.1, 0.15) is 19.8 Å². The van der Waals surface area contributed by atoms with Crippen molar-refractivity contribution < 1.29 is 5.11 Å². The summed E-state index contributed by atoms with van der Waals surface area (Å²) in [6, 6.07) is 5.33. The highest BCUT2D eigenvalue weighted by atomic mass is 35.5. The normalized spacial score (nSPS) is 20.3. The highest BCUT2D eigenvalue weighted by Gasteiger charge is 2.20. The van der Waals surface area contributed by atoms with E-state index >= 15 is 0 Å². The fraction of sp³-hybridized carbons (Fsp3) is 0.333. The minimum Gasteiger partial charge on any atom is -0.399 e. The standard InChI is InChI=1S/C12H15ClN2O/c1-7-10(4-5-12(7)16)15-11-6-8(14)2-3-9(11)13/h2-3,6,12,15-16H,4-5,14H2,1H3. The topological polar surface area (TPSA) is 58.3 Å². The number of aliphatic hydroxyl groups excluding tert-OH is 1. The van der Waals surface area contributed by atoms with Gasteiger partial charge in [-0.3, -0.25) is 0 Å². The lowest BCUT2D eigenvalue weighted by Crippen LogP contribution is -2.03. The summed E-state index contributed by atoms with van der Waals surface area (Å²) in [4.78, 5) is 0. The summed E-state index contributed by atoms with van der Waals surface area (Å²) < 4.78 is 0. The molecule has 0 saturated carbocycles. The van der Waals surface area contributed by atoms with E-state index in [1.165, 1.54) is 0 Å². The predicted octanol–water partition coefficient (Wildman–Crippen LogP) is 2.76. The van der Waals surface area contributed by atoms with E-state index < -0.39 is 0 Å². The Morgan fingerprint density at radius 3 is 2.88 bits per heavy atom. The van der Waals surface area contributed by atoms with E-state index in [-0.39, 0.29) is 6.10 Å². The molecule has 0 saturated heterocycles. The van der Waals surface area contributed by atoms with E-state index in [2.05, 4.69) is 5.32 Å². The number of benzene rings is 1. The molecule has 0 fully saturated rings. The number of nitrogens with two attached hydrogens (primary N) is 1. The van der Waals surface area contributed by atoms with Crippen molar-refractivity contribution in [2.75, 3.05) is 11.1 Å². The zero-order chi connectivity index (χ0) is 11.7. The number of nitrogens with one attached hydrogen (secondary N) is 1. The SMILES string of the molecule is CC1=C(Nc2cc(N)ccc2Cl)CCC1O. The van der Waals surface area contributed by atoms with Crippen LogP contribution in [0.4, 0.5) is 11.4 Å². The third-order valence-corrected chi connectivity index (χ3v) is 3.25. The number of aliphatic hydroxyl groups is 1. The lowest BCUT2D eigenvalue weighted by atomic mass is 10.2. The maximum Gasteiger partial charge on any atom is 0.0770 e. The Morgan fingerprint density at radius 2 is 2.25 bits per heavy atom. The van der Waals surface area contributed by atoms with E-state index in [1.54, 1.807) is 18.2 Å². The van der Waals surface area contributed by atoms with Gasteiger partial charge in [0.15, 0.2) is 0 Å². The van der Waals surface area contributed by atoms with Crippen LogP contribution in [-0.4, -0.2) is 11.2 Å². The van der Waals surface area contributed by atoms with Gasteiger partial charge in [-0.1, -0.05) is 11.6 Å². The molecule has 2 rings (SSSR count). The maximum atomic E-state index is 9.61. The van der Waals surface area contributed by atoms with Crippen molar-refractivity contribution in [3.05, 3.63) is 34.5 Å². The van der Waals surface area contributed by atoms with Crippen molar-refractivity contribution in [3.63, 3.8) is 0 Å². The van der Waals surface area contributed by atoms with E-state index in [0.29, 0.717) is 10.7 Å². The van der Waals surface area contributed by atoms with Gasteiger partial charge in [0.1, 0.15) is 0 Å². The Morgan fingerprint density at radius 1 is 1.50 bits per heavy atom. The molecule has 0 spiro atoms. The lowest BCUT2D eigenvalue weighted by molar-refractivity contribution is 0.212. The number of anilines is 2. The van der Waals surface area contributed by atoms with Gasteiger partial charge in [-0.25, -0.2) is 0 Å². The van der Waals surface area contributed by atoms with Crippen LogP contribution in [0.2, 0.25) is 5.02 Å². The lowest BCUT2D eigenvalue weighted by Gasteiger charge is -2.11. The minimum atomic E-state index is -0.331.